The van der Waals surface area contributed by atoms with Crippen LogP contribution in [0.25, 0.3) is 0 Å². The standard InChI is InChI=1S/C22H29N3O/c1-18-10-9-15-23-20(18)17-25(16-19-11-5-3-6-12-19)21(26)24-22(2)13-7-4-8-14-22/h3,5-6,9-12,15H,4,7-8,13-14,16-17H2,1-2H3,(H,24,26). The number of pyridine rings is 1. The number of amides is 2. The Bertz CT molecular complexity index is 723. The Morgan fingerprint density at radius 1 is 1.08 bits per heavy atom. The highest BCUT2D eigenvalue weighted by molar-refractivity contribution is 5.75. The molecular weight excluding hydrogens is 322 g/mol. The molecule has 1 aromatic heterocycles. The van der Waals surface area contributed by atoms with Crippen LogP contribution in [-0.4, -0.2) is 21.5 Å². The van der Waals surface area contributed by atoms with Crippen LogP contribution in [0.2, 0.25) is 0 Å². The highest BCUT2D eigenvalue weighted by Gasteiger charge is 2.30. The second-order valence-electron chi connectivity index (χ2n) is 7.66. The third-order valence-corrected chi connectivity index (χ3v) is 5.33. The van der Waals surface area contributed by atoms with Gasteiger partial charge in [0, 0.05) is 18.3 Å². The van der Waals surface area contributed by atoms with E-state index in [1.807, 2.05) is 42.2 Å². The zero-order chi connectivity index (χ0) is 18.4. The number of nitrogens with zero attached hydrogens (tertiary/aromatic N) is 2. The second kappa shape index (κ2) is 8.35. The average Bonchev–Trinajstić information content (AvgIpc) is 2.64. The van der Waals surface area contributed by atoms with Crippen LogP contribution in [0, 0.1) is 6.92 Å². The monoisotopic (exact) mass is 351 g/mol. The predicted octanol–water partition coefficient (Wildman–Crippen LogP) is 4.82. The molecule has 4 heteroatoms. The molecule has 1 N–H and O–H groups in total. The van der Waals surface area contributed by atoms with Crippen LogP contribution in [0.3, 0.4) is 0 Å². The molecule has 0 atom stereocenters. The van der Waals surface area contributed by atoms with Crippen LogP contribution in [0.4, 0.5) is 4.79 Å². The normalized spacial score (nSPS) is 16.1. The molecule has 26 heavy (non-hydrogen) atoms. The summed E-state index contributed by atoms with van der Waals surface area (Å²) < 4.78 is 0. The summed E-state index contributed by atoms with van der Waals surface area (Å²) >= 11 is 0. The van der Waals surface area contributed by atoms with E-state index in [1.165, 1.54) is 19.3 Å². The molecular formula is C22H29N3O. The average molecular weight is 351 g/mol. The minimum atomic E-state index is -0.0938. The molecule has 0 bridgehead atoms. The lowest BCUT2D eigenvalue weighted by Gasteiger charge is -2.36. The smallest absolute Gasteiger partial charge is 0.318 e. The van der Waals surface area contributed by atoms with E-state index in [0.29, 0.717) is 13.1 Å². The SMILES string of the molecule is Cc1cccnc1CN(Cc1ccccc1)C(=O)NC1(C)CCCCC1. The van der Waals surface area contributed by atoms with Crippen LogP contribution >= 0.6 is 0 Å². The van der Waals surface area contributed by atoms with Gasteiger partial charge in [-0.05, 0) is 43.9 Å². The van der Waals surface area contributed by atoms with Gasteiger partial charge in [-0.25, -0.2) is 4.79 Å². The van der Waals surface area contributed by atoms with Gasteiger partial charge in [0.1, 0.15) is 0 Å². The number of hydrogen-bond acceptors (Lipinski definition) is 2. The zero-order valence-electron chi connectivity index (χ0n) is 15.9. The molecule has 0 aliphatic heterocycles. The Morgan fingerprint density at radius 3 is 2.50 bits per heavy atom. The van der Waals surface area contributed by atoms with Gasteiger partial charge >= 0.3 is 6.03 Å². The largest absolute Gasteiger partial charge is 0.333 e. The van der Waals surface area contributed by atoms with Gasteiger partial charge in [0.05, 0.1) is 12.2 Å². The molecule has 0 unspecified atom stereocenters. The molecule has 2 aromatic rings. The van der Waals surface area contributed by atoms with E-state index in [-0.39, 0.29) is 11.6 Å². The van der Waals surface area contributed by atoms with Crippen molar-refractivity contribution in [3.05, 3.63) is 65.5 Å². The van der Waals surface area contributed by atoms with Crippen molar-refractivity contribution in [1.82, 2.24) is 15.2 Å². The summed E-state index contributed by atoms with van der Waals surface area (Å²) in [4.78, 5) is 19.5. The maximum Gasteiger partial charge on any atom is 0.318 e. The maximum absolute atomic E-state index is 13.1. The third-order valence-electron chi connectivity index (χ3n) is 5.33. The van der Waals surface area contributed by atoms with Crippen LogP contribution in [0.15, 0.2) is 48.7 Å². The van der Waals surface area contributed by atoms with Crippen LogP contribution < -0.4 is 5.32 Å². The van der Waals surface area contributed by atoms with E-state index in [0.717, 1.165) is 29.7 Å². The molecule has 0 saturated heterocycles. The molecule has 3 rings (SSSR count). The molecule has 4 nitrogen and oxygen atoms in total. The number of urea groups is 1. The van der Waals surface area contributed by atoms with Crippen molar-refractivity contribution in [2.24, 2.45) is 0 Å². The van der Waals surface area contributed by atoms with E-state index in [1.54, 1.807) is 6.20 Å². The topological polar surface area (TPSA) is 45.2 Å². The Kier molecular flexibility index (Phi) is 5.92. The zero-order valence-corrected chi connectivity index (χ0v) is 15.9. The van der Waals surface area contributed by atoms with Crippen LogP contribution in [0.1, 0.15) is 55.8 Å². The van der Waals surface area contributed by atoms with Crippen molar-refractivity contribution < 1.29 is 4.79 Å². The fourth-order valence-electron chi connectivity index (χ4n) is 3.66. The van der Waals surface area contributed by atoms with E-state index in [2.05, 4.69) is 29.4 Å². The Morgan fingerprint density at radius 2 is 1.81 bits per heavy atom. The molecule has 0 radical (unpaired) electrons. The molecule has 1 aliphatic rings. The number of hydrogen-bond donors (Lipinski definition) is 1. The van der Waals surface area contributed by atoms with E-state index in [4.69, 9.17) is 0 Å². The van der Waals surface area contributed by atoms with Crippen molar-refractivity contribution in [2.75, 3.05) is 0 Å². The minimum Gasteiger partial charge on any atom is -0.333 e. The van der Waals surface area contributed by atoms with Gasteiger partial charge in [-0.2, -0.15) is 0 Å². The second-order valence-corrected chi connectivity index (χ2v) is 7.66. The molecule has 1 heterocycles. The summed E-state index contributed by atoms with van der Waals surface area (Å²) in [7, 11) is 0. The first-order valence-corrected chi connectivity index (χ1v) is 9.57. The maximum atomic E-state index is 13.1. The van der Waals surface area contributed by atoms with Gasteiger partial charge in [-0.15, -0.1) is 0 Å². The van der Waals surface area contributed by atoms with E-state index < -0.39 is 0 Å². The number of aryl methyl sites for hydroxylation is 1. The number of nitrogens with one attached hydrogen (secondary N) is 1. The molecule has 1 saturated carbocycles. The number of aromatic nitrogens is 1. The molecule has 138 valence electrons. The molecule has 1 aliphatic carbocycles. The van der Waals surface area contributed by atoms with Crippen LogP contribution in [-0.2, 0) is 13.1 Å². The summed E-state index contributed by atoms with van der Waals surface area (Å²) in [6.45, 7) is 5.32. The summed E-state index contributed by atoms with van der Waals surface area (Å²) in [5.41, 5.74) is 3.10. The number of rotatable bonds is 5. The Labute approximate surface area is 156 Å². The van der Waals surface area contributed by atoms with E-state index >= 15 is 0 Å². The molecule has 1 aromatic carbocycles. The van der Waals surface area contributed by atoms with Crippen molar-refractivity contribution in [3.8, 4) is 0 Å². The first-order chi connectivity index (χ1) is 12.6. The number of carbonyl (C=O) groups is 1. The van der Waals surface area contributed by atoms with Crippen molar-refractivity contribution in [1.29, 1.82) is 0 Å². The lowest BCUT2D eigenvalue weighted by atomic mass is 9.83. The number of benzene rings is 1. The molecule has 0 spiro atoms. The van der Waals surface area contributed by atoms with Crippen LogP contribution in [0.5, 0.6) is 0 Å². The highest BCUT2D eigenvalue weighted by Crippen LogP contribution is 2.28. The lowest BCUT2D eigenvalue weighted by Crippen LogP contribution is -2.52. The quantitative estimate of drug-likeness (QED) is 0.839. The van der Waals surface area contributed by atoms with Gasteiger partial charge in [-0.3, -0.25) is 4.98 Å². The van der Waals surface area contributed by atoms with Crippen molar-refractivity contribution in [3.63, 3.8) is 0 Å². The summed E-state index contributed by atoms with van der Waals surface area (Å²) in [6, 6.07) is 14.1. The van der Waals surface area contributed by atoms with Gasteiger partial charge in [0.2, 0.25) is 0 Å². The van der Waals surface area contributed by atoms with Gasteiger partial charge in [0.15, 0.2) is 0 Å². The first-order valence-electron chi connectivity index (χ1n) is 9.57. The minimum absolute atomic E-state index is 0.00306. The Balaban J connectivity index is 1.77. The molecule has 2 amide bonds. The third kappa shape index (κ3) is 4.84. The van der Waals surface area contributed by atoms with Gasteiger partial charge < -0.3 is 10.2 Å². The summed E-state index contributed by atoms with van der Waals surface area (Å²) in [5.74, 6) is 0. The van der Waals surface area contributed by atoms with Gasteiger partial charge in [-0.1, -0.05) is 55.7 Å². The number of carbonyl (C=O) groups excluding carboxylic acids is 1. The molecule has 1 fully saturated rings. The fourth-order valence-corrected chi connectivity index (χ4v) is 3.66. The summed E-state index contributed by atoms with van der Waals surface area (Å²) in [6.07, 6.45) is 7.56. The van der Waals surface area contributed by atoms with E-state index in [9.17, 15) is 4.79 Å². The fraction of sp³-hybridized carbons (Fsp3) is 0.455. The van der Waals surface area contributed by atoms with Crippen molar-refractivity contribution in [2.45, 2.75) is 64.6 Å². The highest BCUT2D eigenvalue weighted by atomic mass is 16.2. The van der Waals surface area contributed by atoms with Crippen molar-refractivity contribution >= 4 is 6.03 Å². The summed E-state index contributed by atoms with van der Waals surface area (Å²) in [5, 5.41) is 3.31. The first kappa shape index (κ1) is 18.4. The lowest BCUT2D eigenvalue weighted by molar-refractivity contribution is 0.167. The Hall–Kier alpha value is -2.36. The predicted molar refractivity (Wildman–Crippen MR) is 105 cm³/mol. The van der Waals surface area contributed by atoms with Gasteiger partial charge in [0.25, 0.3) is 0 Å².